The molecule has 0 unspecified atom stereocenters. The molecule has 2 aliphatic rings. The van der Waals surface area contributed by atoms with Crippen molar-refractivity contribution in [3.05, 3.63) is 71.8 Å². The Morgan fingerprint density at radius 2 is 1.65 bits per heavy atom. The average molecular weight is 508 g/mol. The Balaban J connectivity index is 1.56. The zero-order chi connectivity index (χ0) is 26.4. The molecule has 2 saturated heterocycles. The molecule has 2 fully saturated rings. The molecule has 2 atom stereocenters. The fourth-order valence-corrected chi connectivity index (χ4v) is 5.00. The van der Waals surface area contributed by atoms with Gasteiger partial charge in [0.1, 0.15) is 12.2 Å². The van der Waals surface area contributed by atoms with Crippen LogP contribution in [-0.4, -0.2) is 87.1 Å². The van der Waals surface area contributed by atoms with Crippen LogP contribution in [-0.2, 0) is 27.3 Å². The van der Waals surface area contributed by atoms with E-state index in [1.165, 1.54) is 9.91 Å². The Labute approximate surface area is 216 Å². The topological polar surface area (TPSA) is 114 Å². The SMILES string of the molecule is CCN1CC(=O)N2[C@@H](CC(=O)O)C(=O)N(CCCc3ccccc3)C[C@@H]2N1C(=O)NCc1ccccc1. The number of carboxylic acids is 1. The number of carboxylic acid groups (broad SMARTS) is 1. The van der Waals surface area contributed by atoms with Gasteiger partial charge < -0.3 is 20.2 Å². The van der Waals surface area contributed by atoms with E-state index in [0.29, 0.717) is 26.1 Å². The summed E-state index contributed by atoms with van der Waals surface area (Å²) in [6.45, 7) is 2.95. The minimum absolute atomic E-state index is 0.108. The van der Waals surface area contributed by atoms with Gasteiger partial charge in [0, 0.05) is 19.6 Å². The quantitative estimate of drug-likeness (QED) is 0.536. The Hall–Kier alpha value is -3.92. The van der Waals surface area contributed by atoms with Crippen LogP contribution in [0.2, 0.25) is 0 Å². The number of urea groups is 1. The first kappa shape index (κ1) is 26.2. The van der Waals surface area contributed by atoms with Gasteiger partial charge in [-0.05, 0) is 24.0 Å². The molecule has 4 rings (SSSR count). The summed E-state index contributed by atoms with van der Waals surface area (Å²) in [5, 5.41) is 15.6. The fraction of sp³-hybridized carbons (Fsp3) is 0.407. The molecule has 0 aliphatic carbocycles. The van der Waals surface area contributed by atoms with E-state index in [1.807, 2.05) is 67.6 Å². The second kappa shape index (κ2) is 11.9. The number of nitrogens with one attached hydrogen (secondary N) is 1. The summed E-state index contributed by atoms with van der Waals surface area (Å²) in [7, 11) is 0. The molecule has 37 heavy (non-hydrogen) atoms. The summed E-state index contributed by atoms with van der Waals surface area (Å²) in [5.41, 5.74) is 2.07. The van der Waals surface area contributed by atoms with E-state index in [4.69, 9.17) is 0 Å². The Morgan fingerprint density at radius 3 is 2.27 bits per heavy atom. The molecule has 0 spiro atoms. The van der Waals surface area contributed by atoms with Crippen molar-refractivity contribution in [1.29, 1.82) is 0 Å². The first-order chi connectivity index (χ1) is 17.9. The molecular weight excluding hydrogens is 474 g/mol. The molecule has 196 valence electrons. The number of nitrogens with zero attached hydrogens (tertiary/aromatic N) is 4. The summed E-state index contributed by atoms with van der Waals surface area (Å²) in [6.07, 6.45) is 0.121. The summed E-state index contributed by atoms with van der Waals surface area (Å²) in [6, 6.07) is 17.8. The number of likely N-dealkylation sites (N-methyl/N-ethyl adjacent to an activating group) is 1. The third kappa shape index (κ3) is 6.08. The van der Waals surface area contributed by atoms with E-state index in [0.717, 1.165) is 17.5 Å². The summed E-state index contributed by atoms with van der Waals surface area (Å²) >= 11 is 0. The van der Waals surface area contributed by atoms with E-state index in [1.54, 1.807) is 9.91 Å². The zero-order valence-electron chi connectivity index (χ0n) is 21.0. The lowest BCUT2D eigenvalue weighted by molar-refractivity contribution is -0.191. The maximum Gasteiger partial charge on any atom is 0.334 e. The second-order valence-electron chi connectivity index (χ2n) is 9.24. The highest BCUT2D eigenvalue weighted by atomic mass is 16.4. The Kier molecular flexibility index (Phi) is 8.39. The first-order valence-corrected chi connectivity index (χ1v) is 12.6. The zero-order valence-corrected chi connectivity index (χ0v) is 21.0. The maximum absolute atomic E-state index is 13.4. The van der Waals surface area contributed by atoms with Gasteiger partial charge in [0.15, 0.2) is 0 Å². The third-order valence-electron chi connectivity index (χ3n) is 6.79. The van der Waals surface area contributed by atoms with Crippen molar-refractivity contribution in [2.45, 2.75) is 44.9 Å². The molecule has 2 N–H and O–H groups in total. The molecule has 2 aromatic rings. The average Bonchev–Trinajstić information content (AvgIpc) is 2.90. The fourth-order valence-electron chi connectivity index (χ4n) is 5.00. The van der Waals surface area contributed by atoms with Gasteiger partial charge >= 0.3 is 12.0 Å². The van der Waals surface area contributed by atoms with E-state index >= 15 is 0 Å². The van der Waals surface area contributed by atoms with E-state index in [2.05, 4.69) is 5.32 Å². The van der Waals surface area contributed by atoms with Crippen LogP contribution in [0.1, 0.15) is 30.9 Å². The van der Waals surface area contributed by atoms with Crippen LogP contribution in [0.4, 0.5) is 4.79 Å². The maximum atomic E-state index is 13.4. The number of piperazine rings is 1. The van der Waals surface area contributed by atoms with Crippen molar-refractivity contribution in [2.24, 2.45) is 0 Å². The summed E-state index contributed by atoms with van der Waals surface area (Å²) < 4.78 is 0. The van der Waals surface area contributed by atoms with Crippen molar-refractivity contribution in [2.75, 3.05) is 26.2 Å². The van der Waals surface area contributed by atoms with E-state index in [-0.39, 0.29) is 19.0 Å². The van der Waals surface area contributed by atoms with Crippen LogP contribution in [0.3, 0.4) is 0 Å². The predicted molar refractivity (Wildman–Crippen MR) is 136 cm³/mol. The Bertz CT molecular complexity index is 1110. The van der Waals surface area contributed by atoms with Gasteiger partial charge in [0.25, 0.3) is 0 Å². The molecule has 0 aromatic heterocycles. The van der Waals surface area contributed by atoms with Gasteiger partial charge in [-0.15, -0.1) is 0 Å². The smallest absolute Gasteiger partial charge is 0.334 e. The number of hydrogen-bond donors (Lipinski definition) is 2. The Morgan fingerprint density at radius 1 is 1.00 bits per heavy atom. The van der Waals surface area contributed by atoms with Crippen LogP contribution >= 0.6 is 0 Å². The van der Waals surface area contributed by atoms with Crippen LogP contribution in [0.5, 0.6) is 0 Å². The number of aliphatic carboxylic acids is 1. The van der Waals surface area contributed by atoms with Crippen LogP contribution < -0.4 is 5.32 Å². The third-order valence-corrected chi connectivity index (χ3v) is 6.79. The summed E-state index contributed by atoms with van der Waals surface area (Å²) in [5.74, 6) is -1.92. The van der Waals surface area contributed by atoms with Crippen molar-refractivity contribution >= 4 is 23.8 Å². The first-order valence-electron chi connectivity index (χ1n) is 12.6. The largest absolute Gasteiger partial charge is 0.481 e. The van der Waals surface area contributed by atoms with Crippen LogP contribution in [0.15, 0.2) is 60.7 Å². The minimum atomic E-state index is -1.17. The molecule has 10 nitrogen and oxygen atoms in total. The molecular formula is C27H33N5O5. The molecule has 2 aromatic carbocycles. The number of carbonyl (C=O) groups is 4. The van der Waals surface area contributed by atoms with Crippen LogP contribution in [0, 0.1) is 0 Å². The lowest BCUT2D eigenvalue weighted by Gasteiger charge is -2.54. The summed E-state index contributed by atoms with van der Waals surface area (Å²) in [4.78, 5) is 54.5. The van der Waals surface area contributed by atoms with E-state index in [9.17, 15) is 24.3 Å². The van der Waals surface area contributed by atoms with E-state index < -0.39 is 36.5 Å². The van der Waals surface area contributed by atoms with Gasteiger partial charge in [-0.2, -0.15) is 0 Å². The number of fused-ring (bicyclic) bond motifs is 1. The van der Waals surface area contributed by atoms with Crippen molar-refractivity contribution in [1.82, 2.24) is 25.1 Å². The van der Waals surface area contributed by atoms with Gasteiger partial charge in [0.05, 0.1) is 19.5 Å². The van der Waals surface area contributed by atoms with Crippen LogP contribution in [0.25, 0.3) is 0 Å². The highest BCUT2D eigenvalue weighted by molar-refractivity contribution is 5.93. The molecule has 0 radical (unpaired) electrons. The number of rotatable bonds is 9. The van der Waals surface area contributed by atoms with Gasteiger partial charge in [-0.1, -0.05) is 67.6 Å². The van der Waals surface area contributed by atoms with Gasteiger partial charge in [-0.25, -0.2) is 14.8 Å². The number of hydrogen-bond acceptors (Lipinski definition) is 5. The van der Waals surface area contributed by atoms with Crippen molar-refractivity contribution in [3.63, 3.8) is 0 Å². The number of carbonyl (C=O) groups excluding carboxylic acids is 3. The second-order valence-corrected chi connectivity index (χ2v) is 9.24. The highest BCUT2D eigenvalue weighted by Crippen LogP contribution is 2.28. The predicted octanol–water partition coefficient (Wildman–Crippen LogP) is 1.92. The molecule has 0 bridgehead atoms. The number of hydrazine groups is 1. The molecule has 2 aliphatic heterocycles. The highest BCUT2D eigenvalue weighted by Gasteiger charge is 2.51. The number of aryl methyl sites for hydroxylation is 1. The molecule has 0 saturated carbocycles. The van der Waals surface area contributed by atoms with Gasteiger partial charge in [0.2, 0.25) is 11.8 Å². The van der Waals surface area contributed by atoms with Gasteiger partial charge in [-0.3, -0.25) is 14.4 Å². The number of benzene rings is 2. The standard InChI is InChI=1S/C27H33N5O5/c1-2-30-19-24(33)31-22(16-25(34)35)26(36)29(15-9-14-20-10-5-3-6-11-20)18-23(31)32(30)27(37)28-17-21-12-7-4-8-13-21/h3-8,10-13,22-23H,2,9,14-19H2,1H3,(H,28,37)(H,34,35)/t22-,23-/m0/s1. The molecule has 4 amide bonds. The lowest BCUT2D eigenvalue weighted by atomic mass is 10.0. The monoisotopic (exact) mass is 507 g/mol. The molecule has 10 heteroatoms. The van der Waals surface area contributed by atoms with Crippen molar-refractivity contribution < 1.29 is 24.3 Å². The van der Waals surface area contributed by atoms with Crippen molar-refractivity contribution in [3.8, 4) is 0 Å². The lowest BCUT2D eigenvalue weighted by Crippen LogP contribution is -2.76. The minimum Gasteiger partial charge on any atom is -0.481 e. The normalized spacial score (nSPS) is 20.1. The number of amides is 4. The molecule has 2 heterocycles.